The minimum atomic E-state index is -0.261. The third-order valence-corrected chi connectivity index (χ3v) is 4.65. The molecule has 25 heavy (non-hydrogen) atoms. The average Bonchev–Trinajstić information content (AvgIpc) is 3.22. The lowest BCUT2D eigenvalue weighted by Gasteiger charge is -2.22. The summed E-state index contributed by atoms with van der Waals surface area (Å²) in [6, 6.07) is 5.52. The number of amides is 2. The van der Waals surface area contributed by atoms with Crippen molar-refractivity contribution in [3.05, 3.63) is 34.2 Å². The molecule has 2 aromatic rings. The van der Waals surface area contributed by atoms with Crippen LogP contribution in [-0.4, -0.2) is 35.0 Å². The van der Waals surface area contributed by atoms with E-state index in [9.17, 15) is 9.59 Å². The summed E-state index contributed by atoms with van der Waals surface area (Å²) in [5, 5.41) is 8.37. The standard InChI is InChI=1S/C18H25N3O3S/c1-3-4-5-6-9-21(18(23)12-15-8-7-10-25-15)13-17(22)19-16-11-14(2)24-20-16/h7-8,10-11H,3-6,9,12-13H2,1-2H3,(H,19,20,22). The van der Waals surface area contributed by atoms with E-state index >= 15 is 0 Å². The zero-order valence-electron chi connectivity index (χ0n) is 14.8. The van der Waals surface area contributed by atoms with Crippen molar-refractivity contribution in [1.82, 2.24) is 10.1 Å². The van der Waals surface area contributed by atoms with Gasteiger partial charge in [0.05, 0.1) is 13.0 Å². The highest BCUT2D eigenvalue weighted by atomic mass is 32.1. The van der Waals surface area contributed by atoms with Crippen molar-refractivity contribution in [2.24, 2.45) is 0 Å². The third kappa shape index (κ3) is 6.70. The Bertz CT molecular complexity index is 667. The van der Waals surface area contributed by atoms with E-state index in [1.807, 2.05) is 17.5 Å². The fourth-order valence-electron chi connectivity index (χ4n) is 2.48. The molecule has 0 aromatic carbocycles. The molecule has 0 atom stereocenters. The molecule has 2 amide bonds. The summed E-state index contributed by atoms with van der Waals surface area (Å²) in [4.78, 5) is 27.5. The first-order chi connectivity index (χ1) is 12.1. The van der Waals surface area contributed by atoms with Crippen LogP contribution in [-0.2, 0) is 16.0 Å². The first-order valence-electron chi connectivity index (χ1n) is 8.61. The second-order valence-electron chi connectivity index (χ2n) is 6.00. The lowest BCUT2D eigenvalue weighted by Crippen LogP contribution is -2.39. The normalized spacial score (nSPS) is 10.6. The topological polar surface area (TPSA) is 75.4 Å². The van der Waals surface area contributed by atoms with Crippen LogP contribution in [0.4, 0.5) is 5.82 Å². The predicted octanol–water partition coefficient (Wildman–Crippen LogP) is 3.63. The molecule has 0 bridgehead atoms. The molecule has 7 heteroatoms. The first-order valence-corrected chi connectivity index (χ1v) is 9.49. The molecule has 0 saturated heterocycles. The van der Waals surface area contributed by atoms with Crippen LogP contribution in [0.25, 0.3) is 0 Å². The Morgan fingerprint density at radius 3 is 2.80 bits per heavy atom. The molecule has 0 aliphatic rings. The van der Waals surface area contributed by atoms with Crippen LogP contribution in [0, 0.1) is 6.92 Å². The Labute approximate surface area is 152 Å². The van der Waals surface area contributed by atoms with E-state index in [0.29, 0.717) is 24.5 Å². The Hall–Kier alpha value is -2.15. The minimum absolute atomic E-state index is 0.0227. The van der Waals surface area contributed by atoms with E-state index in [1.54, 1.807) is 29.2 Å². The van der Waals surface area contributed by atoms with E-state index in [2.05, 4.69) is 17.4 Å². The van der Waals surface area contributed by atoms with Gasteiger partial charge in [0.15, 0.2) is 5.82 Å². The van der Waals surface area contributed by atoms with E-state index in [0.717, 1.165) is 30.6 Å². The molecule has 2 aromatic heterocycles. The van der Waals surface area contributed by atoms with Crippen molar-refractivity contribution >= 4 is 29.0 Å². The van der Waals surface area contributed by atoms with Gasteiger partial charge in [0.25, 0.3) is 0 Å². The van der Waals surface area contributed by atoms with Crippen LogP contribution in [0.2, 0.25) is 0 Å². The van der Waals surface area contributed by atoms with E-state index < -0.39 is 0 Å². The number of aryl methyl sites for hydroxylation is 1. The fourth-order valence-corrected chi connectivity index (χ4v) is 3.17. The van der Waals surface area contributed by atoms with Crippen molar-refractivity contribution in [3.8, 4) is 0 Å². The number of hydrogen-bond donors (Lipinski definition) is 1. The highest BCUT2D eigenvalue weighted by Gasteiger charge is 2.18. The third-order valence-electron chi connectivity index (χ3n) is 3.77. The molecule has 0 fully saturated rings. The summed E-state index contributed by atoms with van der Waals surface area (Å²) in [6.07, 6.45) is 4.57. The molecular weight excluding hydrogens is 338 g/mol. The largest absolute Gasteiger partial charge is 0.360 e. The van der Waals surface area contributed by atoms with E-state index in [-0.39, 0.29) is 18.4 Å². The summed E-state index contributed by atoms with van der Waals surface area (Å²) in [6.45, 7) is 4.53. The molecule has 0 aliphatic carbocycles. The molecule has 0 aliphatic heterocycles. The predicted molar refractivity (Wildman–Crippen MR) is 98.6 cm³/mol. The molecule has 2 heterocycles. The highest BCUT2D eigenvalue weighted by molar-refractivity contribution is 7.10. The number of aromatic nitrogens is 1. The molecular formula is C18H25N3O3S. The summed E-state index contributed by atoms with van der Waals surface area (Å²) < 4.78 is 4.94. The molecule has 0 radical (unpaired) electrons. The quantitative estimate of drug-likeness (QED) is 0.654. The molecule has 0 saturated carbocycles. The molecule has 0 unspecified atom stereocenters. The second kappa shape index (κ2) is 9.98. The maximum Gasteiger partial charge on any atom is 0.245 e. The number of nitrogens with one attached hydrogen (secondary N) is 1. The first kappa shape index (κ1) is 19.2. The van der Waals surface area contributed by atoms with Crippen molar-refractivity contribution in [1.29, 1.82) is 0 Å². The second-order valence-corrected chi connectivity index (χ2v) is 7.04. The van der Waals surface area contributed by atoms with Crippen LogP contribution >= 0.6 is 11.3 Å². The van der Waals surface area contributed by atoms with Crippen molar-refractivity contribution in [3.63, 3.8) is 0 Å². The Balaban J connectivity index is 1.92. The van der Waals surface area contributed by atoms with Crippen LogP contribution in [0.3, 0.4) is 0 Å². The zero-order chi connectivity index (χ0) is 18.1. The number of hydrogen-bond acceptors (Lipinski definition) is 5. The molecule has 136 valence electrons. The number of anilines is 1. The van der Waals surface area contributed by atoms with Gasteiger partial charge >= 0.3 is 0 Å². The number of thiophene rings is 1. The average molecular weight is 363 g/mol. The number of rotatable bonds is 10. The minimum Gasteiger partial charge on any atom is -0.360 e. The molecule has 0 spiro atoms. The zero-order valence-corrected chi connectivity index (χ0v) is 15.6. The van der Waals surface area contributed by atoms with E-state index in [4.69, 9.17) is 4.52 Å². The van der Waals surface area contributed by atoms with Crippen molar-refractivity contribution < 1.29 is 14.1 Å². The fraction of sp³-hybridized carbons (Fsp3) is 0.500. The van der Waals surface area contributed by atoms with E-state index in [1.165, 1.54) is 0 Å². The van der Waals surface area contributed by atoms with Gasteiger partial charge in [0.2, 0.25) is 11.8 Å². The van der Waals surface area contributed by atoms with Gasteiger partial charge in [-0.05, 0) is 24.8 Å². The maximum atomic E-state index is 12.6. The molecule has 2 rings (SSSR count). The van der Waals surface area contributed by atoms with Crippen LogP contribution in [0.15, 0.2) is 28.1 Å². The lowest BCUT2D eigenvalue weighted by atomic mass is 10.2. The Morgan fingerprint density at radius 2 is 2.16 bits per heavy atom. The van der Waals surface area contributed by atoms with Gasteiger partial charge in [-0.15, -0.1) is 11.3 Å². The van der Waals surface area contributed by atoms with Gasteiger partial charge in [-0.1, -0.05) is 37.4 Å². The Kier molecular flexibility index (Phi) is 7.66. The monoisotopic (exact) mass is 363 g/mol. The molecule has 1 N–H and O–H groups in total. The number of carbonyl (C=O) groups is 2. The smallest absolute Gasteiger partial charge is 0.245 e. The summed E-state index contributed by atoms with van der Waals surface area (Å²) in [7, 11) is 0. The lowest BCUT2D eigenvalue weighted by molar-refractivity contribution is -0.134. The number of carbonyl (C=O) groups excluding carboxylic acids is 2. The SMILES string of the molecule is CCCCCCN(CC(=O)Nc1cc(C)on1)C(=O)Cc1cccs1. The van der Waals surface area contributed by atoms with Crippen LogP contribution in [0.1, 0.15) is 43.2 Å². The van der Waals surface area contributed by atoms with Crippen molar-refractivity contribution in [2.75, 3.05) is 18.4 Å². The Morgan fingerprint density at radius 1 is 1.32 bits per heavy atom. The number of nitrogens with zero attached hydrogens (tertiary/aromatic N) is 2. The van der Waals surface area contributed by atoms with Crippen LogP contribution < -0.4 is 5.32 Å². The summed E-state index contributed by atoms with van der Waals surface area (Å²) in [5.41, 5.74) is 0. The van der Waals surface area contributed by atoms with Crippen molar-refractivity contribution in [2.45, 2.75) is 46.0 Å². The van der Waals surface area contributed by atoms with Gasteiger partial charge < -0.3 is 14.7 Å². The van der Waals surface area contributed by atoms with Gasteiger partial charge in [0.1, 0.15) is 5.76 Å². The highest BCUT2D eigenvalue weighted by Crippen LogP contribution is 2.12. The van der Waals surface area contributed by atoms with Gasteiger partial charge in [-0.25, -0.2) is 0 Å². The van der Waals surface area contributed by atoms with Gasteiger partial charge in [-0.3, -0.25) is 9.59 Å². The maximum absolute atomic E-state index is 12.6. The molecule has 6 nitrogen and oxygen atoms in total. The van der Waals surface area contributed by atoms with Gasteiger partial charge in [-0.2, -0.15) is 0 Å². The number of unbranched alkanes of at least 4 members (excludes halogenated alkanes) is 3. The summed E-state index contributed by atoms with van der Waals surface area (Å²) >= 11 is 1.55. The summed E-state index contributed by atoms with van der Waals surface area (Å²) in [5.74, 6) is 0.716. The van der Waals surface area contributed by atoms with Gasteiger partial charge in [0, 0.05) is 17.5 Å². The van der Waals surface area contributed by atoms with Crippen LogP contribution in [0.5, 0.6) is 0 Å².